The fraction of sp³-hybridized carbons (Fsp3) is 0.357. The van der Waals surface area contributed by atoms with Gasteiger partial charge in [0.2, 0.25) is 0 Å². The number of hydrogen-bond acceptors (Lipinski definition) is 7. The van der Waals surface area contributed by atoms with E-state index in [9.17, 15) is 14.4 Å². The highest BCUT2D eigenvalue weighted by Gasteiger charge is 2.30. The molecule has 1 aliphatic heterocycles. The third-order valence-electron chi connectivity index (χ3n) is 2.80. The highest BCUT2D eigenvalue weighted by atomic mass is 16.7. The van der Waals surface area contributed by atoms with Gasteiger partial charge in [0, 0.05) is 24.8 Å². The van der Waals surface area contributed by atoms with Gasteiger partial charge in [-0.25, -0.2) is 9.78 Å². The Balaban J connectivity index is 2.02. The van der Waals surface area contributed by atoms with Crippen LogP contribution in [-0.4, -0.2) is 33.5 Å². The van der Waals surface area contributed by atoms with E-state index in [0.29, 0.717) is 17.3 Å². The van der Waals surface area contributed by atoms with Crippen molar-refractivity contribution in [1.82, 2.24) is 10.0 Å². The van der Waals surface area contributed by atoms with Crippen molar-refractivity contribution in [2.24, 2.45) is 5.10 Å². The van der Waals surface area contributed by atoms with Crippen LogP contribution >= 0.6 is 0 Å². The van der Waals surface area contributed by atoms with E-state index in [2.05, 4.69) is 15.5 Å². The Labute approximate surface area is 127 Å². The molecule has 8 nitrogen and oxygen atoms in total. The number of carbonyl (C=O) groups excluding carboxylic acids is 3. The molecule has 8 heteroatoms. The summed E-state index contributed by atoms with van der Waals surface area (Å²) in [5.74, 6) is -1.37. The number of nitrogens with zero attached hydrogens (tertiary/aromatic N) is 3. The van der Waals surface area contributed by atoms with Gasteiger partial charge in [0.05, 0.1) is 5.56 Å². The number of nitrogens with one attached hydrogen (secondary N) is 1. The average molecular weight is 304 g/mol. The van der Waals surface area contributed by atoms with Crippen molar-refractivity contribution in [1.29, 1.82) is 0 Å². The molecule has 0 spiro atoms. The summed E-state index contributed by atoms with van der Waals surface area (Å²) in [7, 11) is 0. The molecule has 1 fully saturated rings. The standard InChI is InChI=1S/C14H16N4O4/c1-9(2)16-17-11-7-6-10(8-15-11)14(21)22-18-12(19)4-3-5-13(18)20/h6-8H,3-5H2,1-2H3,(H,15,17). The minimum absolute atomic E-state index is 0.133. The molecule has 0 atom stereocenters. The minimum atomic E-state index is -0.808. The van der Waals surface area contributed by atoms with Gasteiger partial charge in [0.15, 0.2) is 0 Å². The molecule has 1 aliphatic rings. The first-order valence-corrected chi connectivity index (χ1v) is 6.78. The van der Waals surface area contributed by atoms with Gasteiger partial charge in [-0.1, -0.05) is 0 Å². The van der Waals surface area contributed by atoms with E-state index >= 15 is 0 Å². The van der Waals surface area contributed by atoms with Crippen molar-refractivity contribution >= 4 is 29.3 Å². The van der Waals surface area contributed by atoms with Crippen LogP contribution in [0.2, 0.25) is 0 Å². The van der Waals surface area contributed by atoms with Crippen LogP contribution in [0.5, 0.6) is 0 Å². The van der Waals surface area contributed by atoms with Gasteiger partial charge in [-0.15, -0.1) is 5.06 Å². The molecular formula is C14H16N4O4. The lowest BCUT2D eigenvalue weighted by atomic mass is 10.1. The van der Waals surface area contributed by atoms with Gasteiger partial charge in [-0.2, -0.15) is 5.10 Å². The molecule has 0 unspecified atom stereocenters. The number of amides is 2. The fourth-order valence-corrected chi connectivity index (χ4v) is 1.72. The van der Waals surface area contributed by atoms with Crippen LogP contribution in [0.4, 0.5) is 5.82 Å². The Kier molecular flexibility index (Phi) is 4.82. The van der Waals surface area contributed by atoms with Crippen LogP contribution in [0, 0.1) is 0 Å². The molecule has 116 valence electrons. The number of pyridine rings is 1. The summed E-state index contributed by atoms with van der Waals surface area (Å²) in [5, 5.41) is 4.50. The van der Waals surface area contributed by atoms with Crippen LogP contribution in [0.3, 0.4) is 0 Å². The smallest absolute Gasteiger partial charge is 0.325 e. The quantitative estimate of drug-likeness (QED) is 0.514. The van der Waals surface area contributed by atoms with E-state index in [1.165, 1.54) is 12.3 Å². The number of rotatable bonds is 4. The highest BCUT2D eigenvalue weighted by molar-refractivity contribution is 5.99. The third-order valence-corrected chi connectivity index (χ3v) is 2.80. The van der Waals surface area contributed by atoms with E-state index in [4.69, 9.17) is 4.84 Å². The number of anilines is 1. The predicted molar refractivity (Wildman–Crippen MR) is 77.8 cm³/mol. The number of piperidine rings is 1. The number of carbonyl (C=O) groups is 3. The van der Waals surface area contributed by atoms with Gasteiger partial charge in [0.25, 0.3) is 11.8 Å². The lowest BCUT2D eigenvalue weighted by molar-refractivity contribution is -0.184. The third kappa shape index (κ3) is 3.87. The summed E-state index contributed by atoms with van der Waals surface area (Å²) in [5.41, 5.74) is 3.67. The Hall–Kier alpha value is -2.77. The summed E-state index contributed by atoms with van der Waals surface area (Å²) >= 11 is 0. The molecule has 0 aromatic carbocycles. The highest BCUT2D eigenvalue weighted by Crippen LogP contribution is 2.14. The van der Waals surface area contributed by atoms with Gasteiger partial charge in [-0.05, 0) is 32.4 Å². The van der Waals surface area contributed by atoms with Gasteiger partial charge in [-0.3, -0.25) is 15.0 Å². The molecule has 2 amide bonds. The van der Waals surface area contributed by atoms with Crippen LogP contribution in [0.15, 0.2) is 23.4 Å². The monoisotopic (exact) mass is 304 g/mol. The van der Waals surface area contributed by atoms with E-state index in [-0.39, 0.29) is 18.4 Å². The second-order valence-corrected chi connectivity index (χ2v) is 4.92. The second kappa shape index (κ2) is 6.79. The molecule has 22 heavy (non-hydrogen) atoms. The van der Waals surface area contributed by atoms with Crippen molar-refractivity contribution in [2.45, 2.75) is 33.1 Å². The van der Waals surface area contributed by atoms with Crippen molar-refractivity contribution in [3.05, 3.63) is 23.9 Å². The Morgan fingerprint density at radius 1 is 1.27 bits per heavy atom. The van der Waals surface area contributed by atoms with Crippen LogP contribution in [0.25, 0.3) is 0 Å². The summed E-state index contributed by atoms with van der Waals surface area (Å²) in [6.07, 6.45) is 2.14. The van der Waals surface area contributed by atoms with E-state index in [1.807, 2.05) is 13.8 Å². The predicted octanol–water partition coefficient (Wildman–Crippen LogP) is 1.50. The Bertz CT molecular complexity index is 604. The number of hydroxylamine groups is 2. The first kappa shape index (κ1) is 15.6. The average Bonchev–Trinajstić information content (AvgIpc) is 2.49. The van der Waals surface area contributed by atoms with E-state index < -0.39 is 17.8 Å². The number of hydrazone groups is 1. The molecule has 2 heterocycles. The van der Waals surface area contributed by atoms with Crippen molar-refractivity contribution < 1.29 is 19.2 Å². The maximum absolute atomic E-state index is 11.9. The maximum Gasteiger partial charge on any atom is 0.365 e. The van der Waals surface area contributed by atoms with Crippen LogP contribution in [0.1, 0.15) is 43.5 Å². The normalized spacial score (nSPS) is 14.5. The van der Waals surface area contributed by atoms with Crippen molar-refractivity contribution in [3.63, 3.8) is 0 Å². The lowest BCUT2D eigenvalue weighted by Gasteiger charge is -2.22. The summed E-state index contributed by atoms with van der Waals surface area (Å²) in [4.78, 5) is 43.9. The summed E-state index contributed by atoms with van der Waals surface area (Å²) < 4.78 is 0. The van der Waals surface area contributed by atoms with Gasteiger partial charge in [0.1, 0.15) is 5.82 Å². The van der Waals surface area contributed by atoms with E-state index in [1.54, 1.807) is 6.07 Å². The number of imide groups is 1. The molecule has 0 aliphatic carbocycles. The van der Waals surface area contributed by atoms with Gasteiger partial charge < -0.3 is 4.84 Å². The van der Waals surface area contributed by atoms with Crippen LogP contribution < -0.4 is 5.43 Å². The molecule has 1 saturated heterocycles. The zero-order chi connectivity index (χ0) is 16.1. The van der Waals surface area contributed by atoms with Crippen molar-refractivity contribution in [3.8, 4) is 0 Å². The fourth-order valence-electron chi connectivity index (χ4n) is 1.72. The molecule has 2 rings (SSSR count). The summed E-state index contributed by atoms with van der Waals surface area (Å²) in [6, 6.07) is 3.01. The molecule has 1 aromatic heterocycles. The largest absolute Gasteiger partial charge is 0.365 e. The number of hydrogen-bond donors (Lipinski definition) is 1. The van der Waals surface area contributed by atoms with E-state index in [0.717, 1.165) is 5.71 Å². The molecule has 1 aromatic rings. The molecule has 1 N–H and O–H groups in total. The maximum atomic E-state index is 11.9. The lowest BCUT2D eigenvalue weighted by Crippen LogP contribution is -2.41. The first-order chi connectivity index (χ1) is 10.5. The van der Waals surface area contributed by atoms with Crippen molar-refractivity contribution in [2.75, 3.05) is 5.43 Å². The minimum Gasteiger partial charge on any atom is -0.325 e. The molecule has 0 saturated carbocycles. The first-order valence-electron chi connectivity index (χ1n) is 6.78. The zero-order valence-corrected chi connectivity index (χ0v) is 12.3. The zero-order valence-electron chi connectivity index (χ0n) is 12.3. The topological polar surface area (TPSA) is 101 Å². The summed E-state index contributed by atoms with van der Waals surface area (Å²) in [6.45, 7) is 3.65. The Morgan fingerprint density at radius 2 is 1.95 bits per heavy atom. The molecule has 0 radical (unpaired) electrons. The van der Waals surface area contributed by atoms with Gasteiger partial charge >= 0.3 is 5.97 Å². The molecule has 0 bridgehead atoms. The molecular weight excluding hydrogens is 288 g/mol. The SMILES string of the molecule is CC(C)=NNc1ccc(C(=O)ON2C(=O)CCCC2=O)cn1. The second-order valence-electron chi connectivity index (χ2n) is 4.92. The number of aromatic nitrogens is 1. The van der Waals surface area contributed by atoms with Crippen LogP contribution in [-0.2, 0) is 14.4 Å². The Morgan fingerprint density at radius 3 is 2.50 bits per heavy atom.